The second-order valence-corrected chi connectivity index (χ2v) is 3.87. The molecule has 0 radical (unpaired) electrons. The van der Waals surface area contributed by atoms with E-state index in [1.165, 1.54) is 12.1 Å². The quantitative estimate of drug-likeness (QED) is 0.740. The molecule has 2 rings (SSSR count). The van der Waals surface area contributed by atoms with Gasteiger partial charge in [0, 0.05) is 12.0 Å². The molecule has 1 aliphatic rings. The van der Waals surface area contributed by atoms with Crippen molar-refractivity contribution in [3.8, 4) is 0 Å². The molecule has 0 heterocycles. The molecule has 0 spiro atoms. The molecule has 0 amide bonds. The number of carbonyl (C=O) groups is 1. The summed E-state index contributed by atoms with van der Waals surface area (Å²) in [5, 5.41) is 0. The summed E-state index contributed by atoms with van der Waals surface area (Å²) in [6.07, 6.45) is 0.585. The van der Waals surface area contributed by atoms with E-state index < -0.39 is 11.6 Å². The number of halogens is 2. The molecule has 0 bridgehead atoms. The standard InChI is InChI=1S/C12H12F2O2/c1-2-16-12(15)10-6-9(10)8-4-3-7(13)5-11(8)14/h3-5,9-10H,2,6H2,1H3/t9-,10+/m1/s1. The molecule has 1 saturated carbocycles. The van der Waals surface area contributed by atoms with Crippen molar-refractivity contribution in [2.75, 3.05) is 6.61 Å². The normalized spacial score (nSPS) is 22.9. The lowest BCUT2D eigenvalue weighted by molar-refractivity contribution is -0.144. The fraction of sp³-hybridized carbons (Fsp3) is 0.417. The molecule has 1 aliphatic carbocycles. The molecule has 0 unspecified atom stereocenters. The van der Waals surface area contributed by atoms with Gasteiger partial charge < -0.3 is 4.74 Å². The van der Waals surface area contributed by atoms with Gasteiger partial charge in [-0.1, -0.05) is 6.07 Å². The Labute approximate surface area is 92.2 Å². The number of rotatable bonds is 3. The van der Waals surface area contributed by atoms with E-state index in [4.69, 9.17) is 4.74 Å². The maximum Gasteiger partial charge on any atom is 0.309 e. The molecule has 0 saturated heterocycles. The van der Waals surface area contributed by atoms with Crippen LogP contribution in [0.1, 0.15) is 24.8 Å². The first-order chi connectivity index (χ1) is 7.63. The lowest BCUT2D eigenvalue weighted by Gasteiger charge is -2.02. The van der Waals surface area contributed by atoms with Crippen molar-refractivity contribution in [1.82, 2.24) is 0 Å². The molecule has 0 aromatic heterocycles. The number of ether oxygens (including phenoxy) is 1. The third-order valence-electron chi connectivity index (χ3n) is 2.74. The lowest BCUT2D eigenvalue weighted by Crippen LogP contribution is -2.07. The van der Waals surface area contributed by atoms with E-state index in [0.717, 1.165) is 6.07 Å². The minimum atomic E-state index is -0.602. The Hall–Kier alpha value is -1.45. The van der Waals surface area contributed by atoms with Crippen molar-refractivity contribution in [3.05, 3.63) is 35.4 Å². The van der Waals surface area contributed by atoms with Gasteiger partial charge in [-0.3, -0.25) is 4.79 Å². The van der Waals surface area contributed by atoms with E-state index in [-0.39, 0.29) is 17.8 Å². The van der Waals surface area contributed by atoms with Gasteiger partial charge in [0.05, 0.1) is 12.5 Å². The Morgan fingerprint density at radius 3 is 2.88 bits per heavy atom. The van der Waals surface area contributed by atoms with E-state index in [2.05, 4.69) is 0 Å². The summed E-state index contributed by atoms with van der Waals surface area (Å²) in [4.78, 5) is 11.3. The van der Waals surface area contributed by atoms with Gasteiger partial charge in [-0.2, -0.15) is 0 Å². The van der Waals surface area contributed by atoms with Crippen LogP contribution in [0.25, 0.3) is 0 Å². The van der Waals surface area contributed by atoms with E-state index in [0.29, 0.717) is 18.6 Å². The Morgan fingerprint density at radius 1 is 1.50 bits per heavy atom. The number of esters is 1. The maximum absolute atomic E-state index is 13.4. The van der Waals surface area contributed by atoms with Crippen molar-refractivity contribution < 1.29 is 18.3 Å². The average molecular weight is 226 g/mol. The van der Waals surface area contributed by atoms with E-state index in [1.54, 1.807) is 6.92 Å². The van der Waals surface area contributed by atoms with Gasteiger partial charge >= 0.3 is 5.97 Å². The van der Waals surface area contributed by atoms with Crippen molar-refractivity contribution in [2.45, 2.75) is 19.3 Å². The molecule has 2 atom stereocenters. The van der Waals surface area contributed by atoms with Crippen LogP contribution in [0.15, 0.2) is 18.2 Å². The largest absolute Gasteiger partial charge is 0.466 e. The monoisotopic (exact) mass is 226 g/mol. The first-order valence-electron chi connectivity index (χ1n) is 5.25. The first kappa shape index (κ1) is 11.0. The molecule has 0 N–H and O–H groups in total. The van der Waals surface area contributed by atoms with Crippen LogP contribution in [0.4, 0.5) is 8.78 Å². The van der Waals surface area contributed by atoms with Gasteiger partial charge in [-0.05, 0) is 25.0 Å². The van der Waals surface area contributed by atoms with Gasteiger partial charge in [-0.15, -0.1) is 0 Å². The Bertz CT molecular complexity index is 417. The van der Waals surface area contributed by atoms with Crippen LogP contribution in [-0.4, -0.2) is 12.6 Å². The molecule has 0 aliphatic heterocycles. The van der Waals surface area contributed by atoms with Crippen LogP contribution in [0, 0.1) is 17.6 Å². The topological polar surface area (TPSA) is 26.3 Å². The average Bonchev–Trinajstić information content (AvgIpc) is 2.98. The number of benzene rings is 1. The second kappa shape index (κ2) is 4.20. The Balaban J connectivity index is 2.08. The van der Waals surface area contributed by atoms with Gasteiger partial charge in [0.1, 0.15) is 11.6 Å². The zero-order valence-corrected chi connectivity index (χ0v) is 8.87. The summed E-state index contributed by atoms with van der Waals surface area (Å²) in [6.45, 7) is 2.06. The van der Waals surface area contributed by atoms with Crippen molar-refractivity contribution in [2.24, 2.45) is 5.92 Å². The zero-order chi connectivity index (χ0) is 11.7. The molecule has 16 heavy (non-hydrogen) atoms. The summed E-state index contributed by atoms with van der Waals surface area (Å²) < 4.78 is 30.9. The highest BCUT2D eigenvalue weighted by molar-refractivity contribution is 5.77. The lowest BCUT2D eigenvalue weighted by atomic mass is 10.1. The Morgan fingerprint density at radius 2 is 2.25 bits per heavy atom. The van der Waals surface area contributed by atoms with Crippen LogP contribution < -0.4 is 0 Å². The molecule has 1 aromatic carbocycles. The van der Waals surface area contributed by atoms with E-state index in [9.17, 15) is 13.6 Å². The fourth-order valence-electron chi connectivity index (χ4n) is 1.85. The predicted molar refractivity (Wildman–Crippen MR) is 53.8 cm³/mol. The highest BCUT2D eigenvalue weighted by Gasteiger charge is 2.46. The highest BCUT2D eigenvalue weighted by Crippen LogP contribution is 2.48. The number of hydrogen-bond donors (Lipinski definition) is 0. The molecule has 86 valence electrons. The summed E-state index contributed by atoms with van der Waals surface area (Å²) in [7, 11) is 0. The van der Waals surface area contributed by atoms with Crippen LogP contribution in [0.5, 0.6) is 0 Å². The maximum atomic E-state index is 13.4. The first-order valence-corrected chi connectivity index (χ1v) is 5.25. The van der Waals surface area contributed by atoms with Crippen molar-refractivity contribution in [1.29, 1.82) is 0 Å². The van der Waals surface area contributed by atoms with E-state index >= 15 is 0 Å². The molecule has 1 aromatic rings. The van der Waals surface area contributed by atoms with E-state index in [1.807, 2.05) is 0 Å². The van der Waals surface area contributed by atoms with Gasteiger partial charge in [0.15, 0.2) is 0 Å². The van der Waals surface area contributed by atoms with Crippen LogP contribution in [0.2, 0.25) is 0 Å². The summed E-state index contributed by atoms with van der Waals surface area (Å²) >= 11 is 0. The highest BCUT2D eigenvalue weighted by atomic mass is 19.1. The predicted octanol–water partition coefficient (Wildman–Crippen LogP) is 2.63. The SMILES string of the molecule is CCOC(=O)[C@H]1C[C@@H]1c1ccc(F)cc1F. The summed E-state index contributed by atoms with van der Waals surface area (Å²) in [5.41, 5.74) is 0.402. The fourth-order valence-corrected chi connectivity index (χ4v) is 1.85. The molecular weight excluding hydrogens is 214 g/mol. The zero-order valence-electron chi connectivity index (χ0n) is 8.87. The van der Waals surface area contributed by atoms with Gasteiger partial charge in [-0.25, -0.2) is 8.78 Å². The van der Waals surface area contributed by atoms with Crippen molar-refractivity contribution in [3.63, 3.8) is 0 Å². The molecule has 4 heteroatoms. The van der Waals surface area contributed by atoms with Gasteiger partial charge in [0.2, 0.25) is 0 Å². The van der Waals surface area contributed by atoms with Crippen molar-refractivity contribution >= 4 is 5.97 Å². The molecule has 1 fully saturated rings. The summed E-state index contributed by atoms with van der Waals surface area (Å²) in [5.74, 6) is -1.90. The second-order valence-electron chi connectivity index (χ2n) is 3.87. The van der Waals surface area contributed by atoms with Gasteiger partial charge in [0.25, 0.3) is 0 Å². The van der Waals surface area contributed by atoms with Crippen LogP contribution >= 0.6 is 0 Å². The minimum Gasteiger partial charge on any atom is -0.466 e. The third kappa shape index (κ3) is 2.05. The molecular formula is C12H12F2O2. The van der Waals surface area contributed by atoms with Crippen LogP contribution in [0.3, 0.4) is 0 Å². The summed E-state index contributed by atoms with van der Waals surface area (Å²) in [6, 6.07) is 3.45. The number of hydrogen-bond acceptors (Lipinski definition) is 2. The Kier molecular flexibility index (Phi) is 2.90. The minimum absolute atomic E-state index is 0.153. The molecule has 2 nitrogen and oxygen atoms in total. The van der Waals surface area contributed by atoms with Crippen LogP contribution in [-0.2, 0) is 9.53 Å². The smallest absolute Gasteiger partial charge is 0.309 e. The third-order valence-corrected chi connectivity index (χ3v) is 2.74. The number of carbonyl (C=O) groups excluding carboxylic acids is 1.